The molecule has 3 N–H and O–H groups in total. The molecule has 0 amide bonds. The van der Waals surface area contributed by atoms with E-state index in [-0.39, 0.29) is 11.5 Å². The number of thiocarbonyl (C=S) groups is 1. The second-order valence-electron chi connectivity index (χ2n) is 2.65. The smallest absolute Gasteiger partial charge is 0.335 e. The van der Waals surface area contributed by atoms with Crippen molar-refractivity contribution < 1.29 is 9.90 Å². The molecule has 6 heteroatoms. The van der Waals surface area contributed by atoms with Crippen LogP contribution in [0.15, 0.2) is 11.3 Å². The van der Waals surface area contributed by atoms with Crippen molar-refractivity contribution in [1.82, 2.24) is 10.6 Å². The van der Waals surface area contributed by atoms with Crippen molar-refractivity contribution in [2.24, 2.45) is 0 Å². The van der Waals surface area contributed by atoms with Gasteiger partial charge in [-0.1, -0.05) is 0 Å². The minimum absolute atomic E-state index is 0.181. The number of alkyl halides is 1. The lowest BCUT2D eigenvalue weighted by Crippen LogP contribution is -2.50. The van der Waals surface area contributed by atoms with Crippen molar-refractivity contribution in [3.63, 3.8) is 0 Å². The summed E-state index contributed by atoms with van der Waals surface area (Å²) in [6.45, 7) is 1.66. The number of hydrogen-bond acceptors (Lipinski definition) is 2. The Balaban J connectivity index is 3.02. The van der Waals surface area contributed by atoms with Crippen LogP contribution in [0.25, 0.3) is 0 Å². The summed E-state index contributed by atoms with van der Waals surface area (Å²) in [5.41, 5.74) is 0.783. The van der Waals surface area contributed by atoms with Crippen LogP contribution in [0, 0.1) is 0 Å². The first-order valence-corrected chi connectivity index (χ1v) is 4.58. The molecule has 0 bridgehead atoms. The zero-order valence-corrected chi connectivity index (χ0v) is 8.50. The van der Waals surface area contributed by atoms with Crippen LogP contribution in [-0.4, -0.2) is 28.1 Å². The van der Waals surface area contributed by atoms with Crippen LogP contribution in [0.2, 0.25) is 0 Å². The number of aliphatic carboxylic acids is 1. The Morgan fingerprint density at radius 1 is 1.77 bits per heavy atom. The Morgan fingerprint density at radius 3 is 2.85 bits per heavy atom. The van der Waals surface area contributed by atoms with Crippen molar-refractivity contribution in [1.29, 1.82) is 0 Å². The maximum Gasteiger partial charge on any atom is 0.335 e. The molecule has 13 heavy (non-hydrogen) atoms. The Hall–Kier alpha value is -0.810. The van der Waals surface area contributed by atoms with Gasteiger partial charge in [-0.25, -0.2) is 4.79 Å². The Bertz CT molecular complexity index is 290. The van der Waals surface area contributed by atoms with Gasteiger partial charge in [0.1, 0.15) is 0 Å². The maximum absolute atomic E-state index is 10.8. The number of halogens is 1. The second kappa shape index (κ2) is 3.93. The van der Waals surface area contributed by atoms with Gasteiger partial charge in [-0.15, -0.1) is 11.6 Å². The summed E-state index contributed by atoms with van der Waals surface area (Å²) in [7, 11) is 0. The fourth-order valence-electron chi connectivity index (χ4n) is 1.19. The Kier molecular flexibility index (Phi) is 3.11. The topological polar surface area (TPSA) is 61.4 Å². The van der Waals surface area contributed by atoms with Crippen molar-refractivity contribution in [2.45, 2.75) is 13.0 Å². The first kappa shape index (κ1) is 10.3. The minimum atomic E-state index is -0.981. The minimum Gasteiger partial charge on any atom is -0.478 e. The number of carbonyl (C=O) groups is 1. The predicted octanol–water partition coefficient (Wildman–Crippen LogP) is 0.430. The van der Waals surface area contributed by atoms with Crippen LogP contribution in [0.3, 0.4) is 0 Å². The predicted molar refractivity (Wildman–Crippen MR) is 53.7 cm³/mol. The largest absolute Gasteiger partial charge is 0.478 e. The van der Waals surface area contributed by atoms with Crippen molar-refractivity contribution in [3.8, 4) is 0 Å². The molecule has 1 aliphatic rings. The maximum atomic E-state index is 10.8. The molecule has 1 rings (SSSR count). The van der Waals surface area contributed by atoms with E-state index in [1.165, 1.54) is 0 Å². The molecule has 1 atom stereocenters. The van der Waals surface area contributed by atoms with E-state index in [2.05, 4.69) is 10.6 Å². The number of nitrogens with one attached hydrogen (secondary N) is 2. The lowest BCUT2D eigenvalue weighted by Gasteiger charge is -2.26. The number of carboxylic acids is 1. The lowest BCUT2D eigenvalue weighted by molar-refractivity contribution is -0.133. The SMILES string of the molecule is CC1=C(C(=O)O)C(CCl)NC(=S)N1. The highest BCUT2D eigenvalue weighted by molar-refractivity contribution is 7.80. The third-order valence-electron chi connectivity index (χ3n) is 1.74. The van der Waals surface area contributed by atoms with Crippen molar-refractivity contribution in [3.05, 3.63) is 11.3 Å². The van der Waals surface area contributed by atoms with E-state index in [0.717, 1.165) is 0 Å². The van der Waals surface area contributed by atoms with Crippen LogP contribution < -0.4 is 10.6 Å². The fraction of sp³-hybridized carbons (Fsp3) is 0.429. The zero-order chi connectivity index (χ0) is 10.0. The summed E-state index contributed by atoms with van der Waals surface area (Å²) in [6.07, 6.45) is 0. The summed E-state index contributed by atoms with van der Waals surface area (Å²) in [5.74, 6) is -0.800. The van der Waals surface area contributed by atoms with Crippen LogP contribution >= 0.6 is 23.8 Å². The molecule has 0 aromatic carbocycles. The third kappa shape index (κ3) is 2.10. The van der Waals surface area contributed by atoms with Gasteiger partial charge in [-0.05, 0) is 19.1 Å². The number of rotatable bonds is 2. The Morgan fingerprint density at radius 2 is 2.38 bits per heavy atom. The summed E-state index contributed by atoms with van der Waals surface area (Å²) < 4.78 is 0. The molecule has 0 saturated carbocycles. The molecule has 0 aliphatic carbocycles. The van der Waals surface area contributed by atoms with E-state index in [9.17, 15) is 4.79 Å². The molecule has 1 aliphatic heterocycles. The van der Waals surface area contributed by atoms with E-state index < -0.39 is 12.0 Å². The molecule has 0 aromatic heterocycles. The van der Waals surface area contributed by atoms with Gasteiger partial charge < -0.3 is 15.7 Å². The average Bonchev–Trinajstić information content (AvgIpc) is 2.01. The van der Waals surface area contributed by atoms with Crippen molar-refractivity contribution >= 4 is 34.9 Å². The molecule has 1 heterocycles. The van der Waals surface area contributed by atoms with E-state index in [4.69, 9.17) is 28.9 Å². The van der Waals surface area contributed by atoms with Gasteiger partial charge in [0.25, 0.3) is 0 Å². The third-order valence-corrected chi connectivity index (χ3v) is 2.27. The summed E-state index contributed by atoms with van der Waals surface area (Å²) in [6, 6.07) is -0.409. The van der Waals surface area contributed by atoms with E-state index in [1.807, 2.05) is 0 Å². The van der Waals surface area contributed by atoms with Crippen LogP contribution in [0.1, 0.15) is 6.92 Å². The van der Waals surface area contributed by atoms with Crippen molar-refractivity contribution in [2.75, 3.05) is 5.88 Å². The normalized spacial score (nSPS) is 22.3. The monoisotopic (exact) mass is 220 g/mol. The number of carboxylic acid groups (broad SMARTS) is 1. The van der Waals surface area contributed by atoms with Crippen LogP contribution in [0.5, 0.6) is 0 Å². The highest BCUT2D eigenvalue weighted by Crippen LogP contribution is 2.13. The highest BCUT2D eigenvalue weighted by atomic mass is 35.5. The molecule has 0 aromatic rings. The van der Waals surface area contributed by atoms with Gasteiger partial charge in [0, 0.05) is 11.6 Å². The molecular formula is C7H9ClN2O2S. The Labute approximate surface area is 86.0 Å². The summed E-state index contributed by atoms with van der Waals surface area (Å²) in [5, 5.41) is 14.8. The summed E-state index contributed by atoms with van der Waals surface area (Å²) >= 11 is 10.5. The van der Waals surface area contributed by atoms with Gasteiger partial charge in [0.2, 0.25) is 0 Å². The molecule has 4 nitrogen and oxygen atoms in total. The van der Waals surface area contributed by atoms with Gasteiger partial charge >= 0.3 is 5.97 Å². The van der Waals surface area contributed by atoms with Crippen LogP contribution in [-0.2, 0) is 4.79 Å². The fourth-order valence-corrected chi connectivity index (χ4v) is 1.72. The molecule has 72 valence electrons. The molecule has 0 saturated heterocycles. The number of allylic oxidation sites excluding steroid dienone is 1. The van der Waals surface area contributed by atoms with Gasteiger partial charge in [0.15, 0.2) is 5.11 Å². The van der Waals surface area contributed by atoms with Gasteiger partial charge in [-0.3, -0.25) is 0 Å². The zero-order valence-electron chi connectivity index (χ0n) is 6.93. The summed E-state index contributed by atoms with van der Waals surface area (Å²) in [4.78, 5) is 10.8. The highest BCUT2D eigenvalue weighted by Gasteiger charge is 2.27. The first-order chi connectivity index (χ1) is 6.06. The first-order valence-electron chi connectivity index (χ1n) is 3.63. The van der Waals surface area contributed by atoms with Gasteiger partial charge in [0.05, 0.1) is 11.6 Å². The molecule has 1 unspecified atom stereocenters. The molecular weight excluding hydrogens is 212 g/mol. The quantitative estimate of drug-likeness (QED) is 0.466. The van der Waals surface area contributed by atoms with Crippen LogP contribution in [0.4, 0.5) is 0 Å². The van der Waals surface area contributed by atoms with Gasteiger partial charge in [-0.2, -0.15) is 0 Å². The van der Waals surface area contributed by atoms with E-state index in [0.29, 0.717) is 10.8 Å². The molecule has 0 fully saturated rings. The molecule has 0 radical (unpaired) electrons. The second-order valence-corrected chi connectivity index (χ2v) is 3.37. The lowest BCUT2D eigenvalue weighted by atomic mass is 10.1. The standard InChI is InChI=1S/C7H9ClN2O2S/c1-3-5(6(11)12)4(2-8)10-7(13)9-3/h4H,2H2,1H3,(H,11,12)(H2,9,10,13). The van der Waals surface area contributed by atoms with E-state index in [1.54, 1.807) is 6.92 Å². The molecule has 0 spiro atoms. The average molecular weight is 221 g/mol. The number of hydrogen-bond donors (Lipinski definition) is 3. The van der Waals surface area contributed by atoms with E-state index >= 15 is 0 Å².